The summed E-state index contributed by atoms with van der Waals surface area (Å²) < 4.78 is 25.8. The highest BCUT2D eigenvalue weighted by Crippen LogP contribution is 2.10. The van der Waals surface area contributed by atoms with E-state index in [9.17, 15) is 13.2 Å². The molecule has 0 aliphatic rings. The van der Waals surface area contributed by atoms with E-state index in [-0.39, 0.29) is 10.8 Å². The van der Waals surface area contributed by atoms with Crippen molar-refractivity contribution < 1.29 is 13.2 Å². The van der Waals surface area contributed by atoms with Gasteiger partial charge in [0.25, 0.3) is 5.91 Å². The summed E-state index contributed by atoms with van der Waals surface area (Å²) in [7, 11) is -3.65. The van der Waals surface area contributed by atoms with Crippen LogP contribution in [0, 0.1) is 0 Å². The second-order valence-electron chi connectivity index (χ2n) is 4.34. The Morgan fingerprint density at radius 2 is 2.00 bits per heavy atom. The molecule has 7 nitrogen and oxygen atoms in total. The van der Waals surface area contributed by atoms with Crippen LogP contribution in [0.4, 0.5) is 0 Å². The summed E-state index contributed by atoms with van der Waals surface area (Å²) in [5.41, 5.74) is 1.30. The maximum Gasteiger partial charge on any atom is 0.272 e. The number of carbonyl (C=O) groups excluding carboxylic acids is 1. The van der Waals surface area contributed by atoms with Crippen LogP contribution in [0.25, 0.3) is 0 Å². The summed E-state index contributed by atoms with van der Waals surface area (Å²) in [6.45, 7) is 0.507. The van der Waals surface area contributed by atoms with E-state index in [1.807, 2.05) is 0 Å². The molecule has 2 aromatic rings. The summed E-state index contributed by atoms with van der Waals surface area (Å²) >= 11 is 1.13. The van der Waals surface area contributed by atoms with E-state index in [0.717, 1.165) is 29.9 Å². The number of rotatable bonds is 6. The number of nitrogens with two attached hydrogens (primary N) is 1. The number of amides is 1. The zero-order chi connectivity index (χ0) is 15.3. The topological polar surface area (TPSA) is 115 Å². The monoisotopic (exact) mass is 326 g/mol. The molecule has 0 atom stereocenters. The molecule has 1 amide bonds. The van der Waals surface area contributed by atoms with Crippen LogP contribution in [0.5, 0.6) is 0 Å². The Balaban J connectivity index is 1.78. The van der Waals surface area contributed by atoms with Crippen molar-refractivity contribution in [3.63, 3.8) is 0 Å². The Hall–Kier alpha value is -1.84. The third-order valence-corrected chi connectivity index (χ3v) is 4.21. The lowest BCUT2D eigenvalue weighted by molar-refractivity contribution is 0.0948. The van der Waals surface area contributed by atoms with Gasteiger partial charge in [0.05, 0.1) is 4.90 Å². The van der Waals surface area contributed by atoms with Gasteiger partial charge in [0.15, 0.2) is 5.69 Å². The third kappa shape index (κ3) is 4.59. The van der Waals surface area contributed by atoms with Gasteiger partial charge in [0.2, 0.25) is 10.0 Å². The van der Waals surface area contributed by atoms with Gasteiger partial charge in [0.1, 0.15) is 0 Å². The Morgan fingerprint density at radius 1 is 1.29 bits per heavy atom. The van der Waals surface area contributed by atoms with Gasteiger partial charge in [-0.1, -0.05) is 16.6 Å². The van der Waals surface area contributed by atoms with Crippen molar-refractivity contribution in [1.29, 1.82) is 0 Å². The first-order valence-electron chi connectivity index (χ1n) is 6.14. The van der Waals surface area contributed by atoms with Crippen LogP contribution >= 0.6 is 11.5 Å². The third-order valence-electron chi connectivity index (χ3n) is 2.77. The van der Waals surface area contributed by atoms with Crippen molar-refractivity contribution in [2.24, 2.45) is 5.14 Å². The van der Waals surface area contributed by atoms with Gasteiger partial charge >= 0.3 is 0 Å². The van der Waals surface area contributed by atoms with Crippen LogP contribution < -0.4 is 10.5 Å². The number of aromatic nitrogens is 2. The van der Waals surface area contributed by atoms with Gasteiger partial charge in [-0.25, -0.2) is 13.6 Å². The molecule has 1 heterocycles. The molecule has 3 N–H and O–H groups in total. The molecule has 21 heavy (non-hydrogen) atoms. The molecule has 112 valence electrons. The van der Waals surface area contributed by atoms with E-state index in [1.165, 1.54) is 12.1 Å². The fourth-order valence-electron chi connectivity index (χ4n) is 1.69. The lowest BCUT2D eigenvalue weighted by Crippen LogP contribution is -2.25. The smallest absolute Gasteiger partial charge is 0.272 e. The van der Waals surface area contributed by atoms with Crippen molar-refractivity contribution in [3.05, 3.63) is 40.9 Å². The minimum atomic E-state index is -3.65. The Kier molecular flexibility index (Phi) is 4.99. The van der Waals surface area contributed by atoms with E-state index in [4.69, 9.17) is 5.14 Å². The molecule has 1 aromatic carbocycles. The summed E-state index contributed by atoms with van der Waals surface area (Å²) in [6.07, 6.45) is 1.46. The Labute approximate surface area is 126 Å². The number of carbonyl (C=O) groups is 1. The average molecular weight is 326 g/mol. The number of hydrogen-bond donors (Lipinski definition) is 2. The highest BCUT2D eigenvalue weighted by molar-refractivity contribution is 7.89. The number of nitrogens with one attached hydrogen (secondary N) is 1. The standard InChI is InChI=1S/C12H14N4O3S2/c13-21(18,19)10-5-3-9(4-6-10)2-1-7-14-12(17)11-8-20-16-15-11/h3-6,8H,1-2,7H2,(H,14,17)(H2,13,18,19). The molecule has 0 spiro atoms. The molecule has 9 heteroatoms. The molecule has 0 bridgehead atoms. The molecular formula is C12H14N4O3S2. The van der Waals surface area contributed by atoms with E-state index in [2.05, 4.69) is 14.9 Å². The van der Waals surface area contributed by atoms with Crippen molar-refractivity contribution in [2.45, 2.75) is 17.7 Å². The molecule has 2 rings (SSSR count). The van der Waals surface area contributed by atoms with Gasteiger partial charge < -0.3 is 5.32 Å². The fraction of sp³-hybridized carbons (Fsp3) is 0.250. The highest BCUT2D eigenvalue weighted by atomic mass is 32.2. The first-order chi connectivity index (χ1) is 9.97. The second kappa shape index (κ2) is 6.74. The van der Waals surface area contributed by atoms with Gasteiger partial charge in [-0.3, -0.25) is 4.79 Å². The van der Waals surface area contributed by atoms with Gasteiger partial charge in [-0.05, 0) is 42.1 Å². The molecule has 0 saturated carbocycles. The largest absolute Gasteiger partial charge is 0.351 e. The predicted octanol–water partition coefficient (Wildman–Crippen LogP) is 0.548. The second-order valence-corrected chi connectivity index (χ2v) is 6.51. The number of hydrogen-bond acceptors (Lipinski definition) is 6. The van der Waals surface area contributed by atoms with Gasteiger partial charge in [-0.15, -0.1) is 5.10 Å². The zero-order valence-corrected chi connectivity index (χ0v) is 12.7. The minimum Gasteiger partial charge on any atom is -0.351 e. The molecule has 0 aliphatic carbocycles. The molecule has 0 unspecified atom stereocenters. The highest BCUT2D eigenvalue weighted by Gasteiger charge is 2.08. The van der Waals surface area contributed by atoms with Crippen molar-refractivity contribution in [3.8, 4) is 0 Å². The quantitative estimate of drug-likeness (QED) is 0.752. The molecular weight excluding hydrogens is 312 g/mol. The number of nitrogens with zero attached hydrogens (tertiary/aromatic N) is 2. The molecule has 1 aromatic heterocycles. The normalized spacial score (nSPS) is 11.3. The van der Waals surface area contributed by atoms with Crippen LogP contribution in [0.2, 0.25) is 0 Å². The first-order valence-corrected chi connectivity index (χ1v) is 8.52. The zero-order valence-electron chi connectivity index (χ0n) is 11.0. The van der Waals surface area contributed by atoms with E-state index in [1.54, 1.807) is 17.5 Å². The summed E-state index contributed by atoms with van der Waals surface area (Å²) in [5.74, 6) is -0.242. The van der Waals surface area contributed by atoms with Crippen LogP contribution in [0.15, 0.2) is 34.5 Å². The number of primary sulfonamides is 1. The summed E-state index contributed by atoms with van der Waals surface area (Å²) in [4.78, 5) is 11.7. The maximum absolute atomic E-state index is 11.6. The van der Waals surface area contributed by atoms with E-state index in [0.29, 0.717) is 12.2 Å². The summed E-state index contributed by atoms with van der Waals surface area (Å²) in [6, 6.07) is 6.38. The molecule has 0 saturated heterocycles. The first kappa shape index (κ1) is 15.5. The van der Waals surface area contributed by atoms with Crippen LogP contribution in [-0.2, 0) is 16.4 Å². The maximum atomic E-state index is 11.6. The Bertz CT molecular complexity index is 697. The Morgan fingerprint density at radius 3 is 2.57 bits per heavy atom. The molecule has 0 fully saturated rings. The average Bonchev–Trinajstić information content (AvgIpc) is 2.97. The van der Waals surface area contributed by atoms with Gasteiger partial charge in [0, 0.05) is 11.9 Å². The molecule has 0 aliphatic heterocycles. The number of sulfonamides is 1. The van der Waals surface area contributed by atoms with Crippen LogP contribution in [-0.4, -0.2) is 30.5 Å². The van der Waals surface area contributed by atoms with Crippen LogP contribution in [0.1, 0.15) is 22.5 Å². The van der Waals surface area contributed by atoms with Crippen molar-refractivity contribution >= 4 is 27.5 Å². The summed E-state index contributed by atoms with van der Waals surface area (Å²) in [5, 5.41) is 13.0. The van der Waals surface area contributed by atoms with Gasteiger partial charge in [-0.2, -0.15) is 0 Å². The fourth-order valence-corrected chi connectivity index (χ4v) is 2.65. The molecule has 0 radical (unpaired) electrons. The number of benzene rings is 1. The van der Waals surface area contributed by atoms with Crippen LogP contribution in [0.3, 0.4) is 0 Å². The number of aryl methyl sites for hydroxylation is 1. The van der Waals surface area contributed by atoms with Crippen molar-refractivity contribution in [2.75, 3.05) is 6.54 Å². The predicted molar refractivity (Wildman–Crippen MR) is 78.4 cm³/mol. The lowest BCUT2D eigenvalue weighted by atomic mass is 10.1. The van der Waals surface area contributed by atoms with E-state index < -0.39 is 10.0 Å². The van der Waals surface area contributed by atoms with E-state index >= 15 is 0 Å². The van der Waals surface area contributed by atoms with Crippen molar-refractivity contribution in [1.82, 2.24) is 14.9 Å². The SMILES string of the molecule is NS(=O)(=O)c1ccc(CCCNC(=O)c2csnn2)cc1. The lowest BCUT2D eigenvalue weighted by Gasteiger charge is -2.04. The minimum absolute atomic E-state index is 0.0931.